The van der Waals surface area contributed by atoms with Gasteiger partial charge in [-0.3, -0.25) is 4.98 Å². The number of hydrogen-bond donors (Lipinski definition) is 1. The minimum absolute atomic E-state index is 0.102. The van der Waals surface area contributed by atoms with Gasteiger partial charge in [0, 0.05) is 24.7 Å². The number of sulfonamides is 1. The summed E-state index contributed by atoms with van der Waals surface area (Å²) in [5.41, 5.74) is 0.407. The maximum atomic E-state index is 12.9. The highest BCUT2D eigenvalue weighted by Crippen LogP contribution is 2.21. The van der Waals surface area contributed by atoms with E-state index in [1.54, 1.807) is 18.3 Å². The van der Waals surface area contributed by atoms with Gasteiger partial charge in [0.2, 0.25) is 16.0 Å². The predicted octanol–water partition coefficient (Wildman–Crippen LogP) is 0.743. The van der Waals surface area contributed by atoms with E-state index in [0.29, 0.717) is 37.8 Å². The summed E-state index contributed by atoms with van der Waals surface area (Å²) in [6.45, 7) is 2.32. The highest BCUT2D eigenvalue weighted by Gasteiger charge is 2.20. The van der Waals surface area contributed by atoms with Gasteiger partial charge in [-0.15, -0.1) is 0 Å². The summed E-state index contributed by atoms with van der Waals surface area (Å²) in [7, 11) is -2.38. The molecule has 1 saturated heterocycles. The van der Waals surface area contributed by atoms with Crippen LogP contribution in [0.25, 0.3) is 10.9 Å². The maximum absolute atomic E-state index is 12.9. The molecule has 0 atom stereocenters. The summed E-state index contributed by atoms with van der Waals surface area (Å²) in [6, 6.07) is 8.71. The quantitative estimate of drug-likeness (QED) is 0.620. The summed E-state index contributed by atoms with van der Waals surface area (Å²) in [4.78, 5) is 19.1. The molecule has 1 fully saturated rings. The predicted molar refractivity (Wildman–Crippen MR) is 105 cm³/mol. The molecule has 11 heteroatoms. The fraction of sp³-hybridized carbons (Fsp3) is 0.333. The van der Waals surface area contributed by atoms with Crippen LogP contribution in [0.1, 0.15) is 5.82 Å². The van der Waals surface area contributed by atoms with Crippen molar-refractivity contribution in [2.24, 2.45) is 0 Å². The van der Waals surface area contributed by atoms with Gasteiger partial charge in [-0.1, -0.05) is 18.2 Å². The number of nitrogens with one attached hydrogen (secondary N) is 1. The number of methoxy groups -OCH3 is 1. The molecule has 1 N–H and O–H groups in total. The van der Waals surface area contributed by atoms with Crippen LogP contribution in [-0.2, 0) is 21.3 Å². The zero-order valence-electron chi connectivity index (χ0n) is 15.8. The lowest BCUT2D eigenvalue weighted by Crippen LogP contribution is -2.37. The van der Waals surface area contributed by atoms with Crippen molar-refractivity contribution in [3.8, 4) is 6.01 Å². The molecule has 0 bridgehead atoms. The lowest BCUT2D eigenvalue weighted by atomic mass is 10.2. The normalized spacial score (nSPS) is 14.9. The number of aromatic nitrogens is 4. The van der Waals surface area contributed by atoms with E-state index < -0.39 is 10.0 Å². The molecule has 29 heavy (non-hydrogen) atoms. The molecule has 0 spiro atoms. The molecule has 0 radical (unpaired) electrons. The fourth-order valence-electron chi connectivity index (χ4n) is 2.99. The highest BCUT2D eigenvalue weighted by molar-refractivity contribution is 7.89. The third-order valence-corrected chi connectivity index (χ3v) is 5.86. The Morgan fingerprint density at radius 1 is 1.14 bits per heavy atom. The van der Waals surface area contributed by atoms with Gasteiger partial charge in [-0.25, -0.2) is 13.1 Å². The first-order valence-electron chi connectivity index (χ1n) is 9.02. The Kier molecular flexibility index (Phi) is 5.51. The number of anilines is 1. The molecule has 0 amide bonds. The highest BCUT2D eigenvalue weighted by atomic mass is 32.2. The number of ether oxygens (including phenoxy) is 2. The minimum atomic E-state index is -3.83. The Balaban J connectivity index is 1.59. The number of pyridine rings is 1. The smallest absolute Gasteiger partial charge is 0.321 e. The van der Waals surface area contributed by atoms with Crippen LogP contribution in [-0.4, -0.2) is 61.8 Å². The summed E-state index contributed by atoms with van der Waals surface area (Å²) < 4.78 is 38.8. The number of fused-ring (bicyclic) bond motifs is 1. The second-order valence-electron chi connectivity index (χ2n) is 6.29. The molecule has 1 aromatic carbocycles. The van der Waals surface area contributed by atoms with Gasteiger partial charge in [0.25, 0.3) is 0 Å². The summed E-state index contributed by atoms with van der Waals surface area (Å²) in [5, 5.41) is 0.742. The van der Waals surface area contributed by atoms with Crippen LogP contribution in [0.3, 0.4) is 0 Å². The van der Waals surface area contributed by atoms with Crippen LogP contribution >= 0.6 is 0 Å². The Hall–Kier alpha value is -2.89. The largest absolute Gasteiger partial charge is 0.467 e. The number of nitrogens with zero attached hydrogens (tertiary/aromatic N) is 5. The second-order valence-corrected chi connectivity index (χ2v) is 8.03. The van der Waals surface area contributed by atoms with Gasteiger partial charge >= 0.3 is 6.01 Å². The first kappa shape index (κ1) is 19.4. The third kappa shape index (κ3) is 4.26. The van der Waals surface area contributed by atoms with E-state index >= 15 is 0 Å². The van der Waals surface area contributed by atoms with Crippen LogP contribution in [0.5, 0.6) is 6.01 Å². The van der Waals surface area contributed by atoms with E-state index in [1.165, 1.54) is 13.2 Å². The van der Waals surface area contributed by atoms with Crippen molar-refractivity contribution in [2.45, 2.75) is 11.4 Å². The van der Waals surface area contributed by atoms with Gasteiger partial charge in [0.05, 0.1) is 32.4 Å². The molecular weight excluding hydrogens is 396 g/mol. The van der Waals surface area contributed by atoms with Crippen molar-refractivity contribution in [1.82, 2.24) is 24.7 Å². The molecule has 1 aliphatic heterocycles. The summed E-state index contributed by atoms with van der Waals surface area (Å²) >= 11 is 0. The van der Waals surface area contributed by atoms with E-state index in [-0.39, 0.29) is 23.3 Å². The first-order valence-corrected chi connectivity index (χ1v) is 10.5. The van der Waals surface area contributed by atoms with E-state index in [1.807, 2.05) is 17.0 Å². The summed E-state index contributed by atoms with van der Waals surface area (Å²) in [6.07, 6.45) is 1.56. The van der Waals surface area contributed by atoms with Crippen LogP contribution in [0.2, 0.25) is 0 Å². The van der Waals surface area contributed by atoms with Crippen molar-refractivity contribution in [2.75, 3.05) is 38.3 Å². The molecular formula is C18H20N6O4S. The van der Waals surface area contributed by atoms with Crippen molar-refractivity contribution in [3.05, 3.63) is 42.4 Å². The average molecular weight is 416 g/mol. The van der Waals surface area contributed by atoms with Crippen molar-refractivity contribution in [1.29, 1.82) is 0 Å². The topological polar surface area (TPSA) is 119 Å². The summed E-state index contributed by atoms with van der Waals surface area (Å²) in [5.74, 6) is 0.691. The van der Waals surface area contributed by atoms with Crippen molar-refractivity contribution < 1.29 is 17.9 Å². The Morgan fingerprint density at radius 3 is 2.72 bits per heavy atom. The molecule has 4 rings (SSSR count). The molecule has 152 valence electrons. The van der Waals surface area contributed by atoms with Gasteiger partial charge in [0.15, 0.2) is 5.82 Å². The number of hydrogen-bond acceptors (Lipinski definition) is 9. The molecule has 0 unspecified atom stereocenters. The van der Waals surface area contributed by atoms with Crippen LogP contribution in [0.15, 0.2) is 41.4 Å². The van der Waals surface area contributed by atoms with Crippen molar-refractivity contribution >= 4 is 26.9 Å². The molecule has 1 aliphatic rings. The molecule has 10 nitrogen and oxygen atoms in total. The van der Waals surface area contributed by atoms with Crippen LogP contribution in [0, 0.1) is 0 Å². The second kappa shape index (κ2) is 8.23. The molecule has 3 aromatic rings. The number of para-hydroxylation sites is 1. The Morgan fingerprint density at radius 2 is 1.93 bits per heavy atom. The van der Waals surface area contributed by atoms with Gasteiger partial charge in [0.1, 0.15) is 4.90 Å². The monoisotopic (exact) mass is 416 g/mol. The fourth-order valence-corrected chi connectivity index (χ4v) is 4.15. The Bertz CT molecular complexity index is 1110. The molecule has 2 aromatic heterocycles. The zero-order chi connectivity index (χ0) is 20.3. The molecule has 0 saturated carbocycles. The number of benzene rings is 1. The van der Waals surface area contributed by atoms with Gasteiger partial charge in [-0.05, 0) is 12.1 Å². The average Bonchev–Trinajstić information content (AvgIpc) is 2.77. The van der Waals surface area contributed by atoms with Crippen LogP contribution in [0.4, 0.5) is 5.95 Å². The SMILES string of the molecule is COc1nc(CNS(=O)(=O)c2cccc3cccnc23)nc(N2CCOCC2)n1. The first-order chi connectivity index (χ1) is 14.1. The van der Waals surface area contributed by atoms with E-state index in [4.69, 9.17) is 9.47 Å². The van der Waals surface area contributed by atoms with E-state index in [2.05, 4.69) is 24.7 Å². The van der Waals surface area contributed by atoms with Gasteiger partial charge < -0.3 is 14.4 Å². The van der Waals surface area contributed by atoms with Gasteiger partial charge in [-0.2, -0.15) is 15.0 Å². The van der Waals surface area contributed by atoms with E-state index in [0.717, 1.165) is 5.39 Å². The number of morpholine rings is 1. The standard InChI is InChI=1S/C18H20N6O4S/c1-27-18-22-15(21-17(23-18)24-8-10-28-11-9-24)12-20-29(25,26)14-6-2-4-13-5-3-7-19-16(13)14/h2-7,20H,8-12H2,1H3. The zero-order valence-corrected chi connectivity index (χ0v) is 16.6. The van der Waals surface area contributed by atoms with E-state index in [9.17, 15) is 8.42 Å². The number of rotatable bonds is 6. The molecule has 0 aliphatic carbocycles. The third-order valence-electron chi connectivity index (χ3n) is 4.43. The minimum Gasteiger partial charge on any atom is -0.467 e. The molecule has 3 heterocycles. The van der Waals surface area contributed by atoms with Crippen LogP contribution < -0.4 is 14.4 Å². The lowest BCUT2D eigenvalue weighted by Gasteiger charge is -2.26. The van der Waals surface area contributed by atoms with Crippen molar-refractivity contribution in [3.63, 3.8) is 0 Å². The lowest BCUT2D eigenvalue weighted by molar-refractivity contribution is 0.122. The maximum Gasteiger partial charge on any atom is 0.321 e. The Labute approximate surface area is 168 Å².